The molecule has 1 aromatic heterocycles. The monoisotopic (exact) mass is 265 g/mol. The number of aliphatic hydroxyl groups is 1. The van der Waals surface area contributed by atoms with Gasteiger partial charge in [0.15, 0.2) is 5.78 Å². The van der Waals surface area contributed by atoms with Gasteiger partial charge in [0.05, 0.1) is 5.70 Å². The van der Waals surface area contributed by atoms with Gasteiger partial charge in [-0.05, 0) is 5.41 Å². The molecule has 0 aliphatic heterocycles. The van der Waals surface area contributed by atoms with Crippen LogP contribution in [0.25, 0.3) is 5.70 Å². The topological polar surface area (TPSA) is 68.0 Å². The number of aliphatic hydroxyl groups excluding tert-OH is 1. The van der Waals surface area contributed by atoms with Crippen LogP contribution in [0.4, 0.5) is 0 Å². The minimum Gasteiger partial charge on any atom is -0.386 e. The van der Waals surface area contributed by atoms with Crippen molar-refractivity contribution in [3.05, 3.63) is 18.7 Å². The van der Waals surface area contributed by atoms with Crippen LogP contribution in [0.3, 0.4) is 0 Å². The Morgan fingerprint density at radius 2 is 1.84 bits per heavy atom. The second kappa shape index (κ2) is 5.25. The summed E-state index contributed by atoms with van der Waals surface area (Å²) in [5, 5.41) is 14.4. The van der Waals surface area contributed by atoms with Gasteiger partial charge in [0.1, 0.15) is 18.8 Å². The third-order valence-electron chi connectivity index (χ3n) is 2.80. The Kier molecular flexibility index (Phi) is 4.30. The third-order valence-corrected chi connectivity index (χ3v) is 2.80. The van der Waals surface area contributed by atoms with Gasteiger partial charge < -0.3 is 5.11 Å². The van der Waals surface area contributed by atoms with Gasteiger partial charge in [-0.2, -0.15) is 5.10 Å². The van der Waals surface area contributed by atoms with E-state index in [1.165, 1.54) is 23.4 Å². The van der Waals surface area contributed by atoms with Crippen molar-refractivity contribution in [2.24, 2.45) is 10.8 Å². The number of carbonyl (C=O) groups excluding carboxylic acids is 1. The van der Waals surface area contributed by atoms with Gasteiger partial charge in [-0.3, -0.25) is 4.79 Å². The first kappa shape index (κ1) is 15.6. The van der Waals surface area contributed by atoms with Gasteiger partial charge in [0, 0.05) is 11.5 Å². The maximum atomic E-state index is 12.2. The predicted octanol–water partition coefficient (Wildman–Crippen LogP) is 2.14. The molecule has 1 rings (SSSR count). The van der Waals surface area contributed by atoms with E-state index in [4.69, 9.17) is 0 Å². The van der Waals surface area contributed by atoms with Crippen LogP contribution in [0.1, 0.15) is 41.5 Å². The second-order valence-electron chi connectivity index (χ2n) is 6.79. The van der Waals surface area contributed by atoms with Crippen molar-refractivity contribution in [1.82, 2.24) is 14.8 Å². The van der Waals surface area contributed by atoms with Gasteiger partial charge in [-0.15, -0.1) is 0 Å². The molecule has 0 bridgehead atoms. The number of hydrogen-bond donors (Lipinski definition) is 1. The Labute approximate surface area is 114 Å². The highest BCUT2D eigenvalue weighted by molar-refractivity contribution is 5.98. The Morgan fingerprint density at radius 1 is 1.26 bits per heavy atom. The van der Waals surface area contributed by atoms with Crippen molar-refractivity contribution in [2.45, 2.75) is 47.6 Å². The average Bonchev–Trinajstić information content (AvgIpc) is 2.74. The van der Waals surface area contributed by atoms with Crippen LogP contribution in [0.2, 0.25) is 0 Å². The fourth-order valence-corrected chi connectivity index (χ4v) is 1.41. The van der Waals surface area contributed by atoms with E-state index in [2.05, 4.69) is 10.1 Å². The van der Waals surface area contributed by atoms with E-state index in [0.29, 0.717) is 5.70 Å². The van der Waals surface area contributed by atoms with E-state index < -0.39 is 16.9 Å². The SMILES string of the molecule is CC(C)(C)C(=O)C=C(C(O)C(C)(C)C)n1cncn1. The largest absolute Gasteiger partial charge is 0.386 e. The van der Waals surface area contributed by atoms with Crippen LogP contribution < -0.4 is 0 Å². The molecule has 0 amide bonds. The number of nitrogens with zero attached hydrogens (tertiary/aromatic N) is 3. The highest BCUT2D eigenvalue weighted by Gasteiger charge is 2.29. The summed E-state index contributed by atoms with van der Waals surface area (Å²) in [7, 11) is 0. The number of aromatic nitrogens is 3. The summed E-state index contributed by atoms with van der Waals surface area (Å²) in [5.41, 5.74) is -0.440. The molecule has 106 valence electrons. The molecule has 0 spiro atoms. The Balaban J connectivity index is 3.22. The molecule has 1 unspecified atom stereocenters. The van der Waals surface area contributed by atoms with E-state index in [1.54, 1.807) is 0 Å². The molecule has 1 atom stereocenters. The van der Waals surface area contributed by atoms with Crippen molar-refractivity contribution in [3.8, 4) is 0 Å². The van der Waals surface area contributed by atoms with E-state index >= 15 is 0 Å². The molecule has 0 aliphatic rings. The number of rotatable bonds is 3. The summed E-state index contributed by atoms with van der Waals surface area (Å²) in [6.45, 7) is 11.2. The summed E-state index contributed by atoms with van der Waals surface area (Å²) in [6.07, 6.45) is 3.52. The molecule has 0 radical (unpaired) electrons. The summed E-state index contributed by atoms with van der Waals surface area (Å²) in [4.78, 5) is 16.0. The van der Waals surface area contributed by atoms with Gasteiger partial charge in [-0.25, -0.2) is 9.67 Å². The summed E-state index contributed by atoms with van der Waals surface area (Å²) < 4.78 is 1.44. The standard InChI is InChI=1S/C14H23N3O2/c1-13(2,3)11(18)7-10(12(19)14(4,5)6)17-9-15-8-16-17/h7-9,12,19H,1-6H3. The molecule has 1 aromatic rings. The first-order chi connectivity index (χ1) is 8.53. The number of carbonyl (C=O) groups is 1. The Morgan fingerprint density at radius 3 is 2.21 bits per heavy atom. The highest BCUT2D eigenvalue weighted by Crippen LogP contribution is 2.28. The van der Waals surface area contributed by atoms with Crippen LogP contribution in [-0.2, 0) is 4.79 Å². The molecular weight excluding hydrogens is 242 g/mol. The molecule has 19 heavy (non-hydrogen) atoms. The highest BCUT2D eigenvalue weighted by atomic mass is 16.3. The van der Waals surface area contributed by atoms with Crippen LogP contribution in [0, 0.1) is 10.8 Å². The molecule has 0 aliphatic carbocycles. The summed E-state index contributed by atoms with van der Waals surface area (Å²) in [6, 6.07) is 0. The number of allylic oxidation sites excluding steroid dienone is 1. The van der Waals surface area contributed by atoms with E-state index in [1.807, 2.05) is 41.5 Å². The quantitative estimate of drug-likeness (QED) is 0.850. The first-order valence-corrected chi connectivity index (χ1v) is 6.32. The molecule has 0 aromatic carbocycles. The van der Waals surface area contributed by atoms with Gasteiger partial charge in [-0.1, -0.05) is 41.5 Å². The maximum absolute atomic E-state index is 12.2. The van der Waals surface area contributed by atoms with Gasteiger partial charge in [0.25, 0.3) is 0 Å². The van der Waals surface area contributed by atoms with Crippen LogP contribution in [0.15, 0.2) is 18.7 Å². The lowest BCUT2D eigenvalue weighted by atomic mass is 9.84. The lowest BCUT2D eigenvalue weighted by Crippen LogP contribution is -2.31. The second-order valence-corrected chi connectivity index (χ2v) is 6.79. The van der Waals surface area contributed by atoms with Crippen molar-refractivity contribution in [1.29, 1.82) is 0 Å². The predicted molar refractivity (Wildman–Crippen MR) is 74.2 cm³/mol. The first-order valence-electron chi connectivity index (χ1n) is 6.32. The van der Waals surface area contributed by atoms with Gasteiger partial charge >= 0.3 is 0 Å². The van der Waals surface area contributed by atoms with E-state index in [0.717, 1.165) is 0 Å². The zero-order chi connectivity index (χ0) is 14.8. The van der Waals surface area contributed by atoms with Crippen molar-refractivity contribution in [3.63, 3.8) is 0 Å². The number of ketones is 1. The molecule has 0 saturated heterocycles. The molecule has 5 nitrogen and oxygen atoms in total. The fraction of sp³-hybridized carbons (Fsp3) is 0.643. The average molecular weight is 265 g/mol. The molecular formula is C14H23N3O2. The Hall–Kier alpha value is -1.49. The molecule has 1 N–H and O–H groups in total. The normalized spacial score (nSPS) is 15.4. The van der Waals surface area contributed by atoms with Crippen molar-refractivity contribution >= 4 is 11.5 Å². The van der Waals surface area contributed by atoms with E-state index in [9.17, 15) is 9.90 Å². The fourth-order valence-electron chi connectivity index (χ4n) is 1.41. The summed E-state index contributed by atoms with van der Waals surface area (Å²) in [5.74, 6) is -0.0544. The van der Waals surface area contributed by atoms with Gasteiger partial charge in [0.2, 0.25) is 0 Å². The Bertz CT molecular complexity index is 462. The zero-order valence-corrected chi connectivity index (χ0v) is 12.5. The van der Waals surface area contributed by atoms with Crippen molar-refractivity contribution in [2.75, 3.05) is 0 Å². The van der Waals surface area contributed by atoms with E-state index in [-0.39, 0.29) is 5.78 Å². The maximum Gasteiger partial charge on any atom is 0.162 e. The molecule has 0 saturated carbocycles. The third kappa shape index (κ3) is 3.99. The lowest BCUT2D eigenvalue weighted by Gasteiger charge is -2.28. The minimum absolute atomic E-state index is 0.0544. The number of hydrogen-bond acceptors (Lipinski definition) is 4. The smallest absolute Gasteiger partial charge is 0.162 e. The minimum atomic E-state index is -0.805. The molecule has 1 heterocycles. The van der Waals surface area contributed by atoms with Crippen LogP contribution >= 0.6 is 0 Å². The van der Waals surface area contributed by atoms with Crippen molar-refractivity contribution < 1.29 is 9.90 Å². The van der Waals surface area contributed by atoms with Crippen LogP contribution in [0.5, 0.6) is 0 Å². The summed E-state index contributed by atoms with van der Waals surface area (Å²) >= 11 is 0. The van der Waals surface area contributed by atoms with Crippen LogP contribution in [-0.4, -0.2) is 31.8 Å². The zero-order valence-electron chi connectivity index (χ0n) is 12.5. The molecule has 0 fully saturated rings. The molecule has 5 heteroatoms. The lowest BCUT2D eigenvalue weighted by molar-refractivity contribution is -0.121.